The van der Waals surface area contributed by atoms with Gasteiger partial charge in [0, 0.05) is 19.3 Å². The predicted octanol–water partition coefficient (Wildman–Crippen LogP) is 1.91. The zero-order chi connectivity index (χ0) is 14.4. The lowest BCUT2D eigenvalue weighted by molar-refractivity contribution is -0.119. The maximum Gasteiger partial charge on any atom is 0.217 e. The van der Waals surface area contributed by atoms with Crippen molar-refractivity contribution in [1.82, 2.24) is 15.3 Å². The van der Waals surface area contributed by atoms with Crippen LogP contribution in [-0.2, 0) is 11.2 Å². The van der Waals surface area contributed by atoms with Crippen LogP contribution in [0.4, 0.5) is 0 Å². The van der Waals surface area contributed by atoms with Crippen molar-refractivity contribution in [3.05, 3.63) is 54.1 Å². The van der Waals surface area contributed by atoms with E-state index in [1.165, 1.54) is 6.92 Å². The van der Waals surface area contributed by atoms with Gasteiger partial charge in [-0.1, -0.05) is 12.1 Å². The second kappa shape index (κ2) is 6.65. The van der Waals surface area contributed by atoms with Crippen molar-refractivity contribution in [3.63, 3.8) is 0 Å². The average Bonchev–Trinajstić information content (AvgIpc) is 2.48. The number of rotatable bonds is 5. The molecular formula is C15H17N3O2. The van der Waals surface area contributed by atoms with E-state index in [4.69, 9.17) is 4.74 Å². The third-order valence-corrected chi connectivity index (χ3v) is 2.92. The fourth-order valence-corrected chi connectivity index (χ4v) is 1.96. The molecule has 2 rings (SSSR count). The van der Waals surface area contributed by atoms with Crippen LogP contribution in [0.3, 0.4) is 0 Å². The lowest BCUT2D eigenvalue weighted by atomic mass is 10.0. The number of nitrogens with one attached hydrogen (secondary N) is 1. The summed E-state index contributed by atoms with van der Waals surface area (Å²) in [6.45, 7) is 1.50. The predicted molar refractivity (Wildman–Crippen MR) is 75.3 cm³/mol. The molecule has 1 atom stereocenters. The Morgan fingerprint density at radius 1 is 1.30 bits per heavy atom. The van der Waals surface area contributed by atoms with Gasteiger partial charge in [-0.2, -0.15) is 0 Å². The van der Waals surface area contributed by atoms with E-state index in [1.807, 2.05) is 24.3 Å². The highest BCUT2D eigenvalue weighted by atomic mass is 16.5. The number of carbonyl (C=O) groups is 1. The summed E-state index contributed by atoms with van der Waals surface area (Å²) in [5, 5.41) is 2.90. The molecule has 0 saturated heterocycles. The number of ether oxygens (including phenoxy) is 1. The van der Waals surface area contributed by atoms with Gasteiger partial charge in [-0.3, -0.25) is 14.8 Å². The summed E-state index contributed by atoms with van der Waals surface area (Å²) in [7, 11) is 1.63. The Kier molecular flexibility index (Phi) is 4.65. The van der Waals surface area contributed by atoms with Crippen molar-refractivity contribution in [2.45, 2.75) is 19.4 Å². The van der Waals surface area contributed by atoms with Crippen LogP contribution >= 0.6 is 0 Å². The fourth-order valence-electron chi connectivity index (χ4n) is 1.96. The molecule has 0 aliphatic carbocycles. The first kappa shape index (κ1) is 14.0. The van der Waals surface area contributed by atoms with E-state index < -0.39 is 0 Å². The highest BCUT2D eigenvalue weighted by molar-refractivity contribution is 5.73. The van der Waals surface area contributed by atoms with E-state index in [0.29, 0.717) is 6.42 Å². The minimum absolute atomic E-state index is 0.0887. The monoisotopic (exact) mass is 271 g/mol. The van der Waals surface area contributed by atoms with Gasteiger partial charge in [0.1, 0.15) is 5.75 Å². The zero-order valence-electron chi connectivity index (χ0n) is 11.5. The van der Waals surface area contributed by atoms with Crippen LogP contribution < -0.4 is 10.1 Å². The topological polar surface area (TPSA) is 64.1 Å². The number of aromatic nitrogens is 2. The number of carbonyl (C=O) groups excluding carboxylic acids is 1. The van der Waals surface area contributed by atoms with Crippen LogP contribution in [-0.4, -0.2) is 23.0 Å². The van der Waals surface area contributed by atoms with Crippen molar-refractivity contribution in [3.8, 4) is 5.75 Å². The Labute approximate surface area is 118 Å². The number of benzene rings is 1. The van der Waals surface area contributed by atoms with Crippen molar-refractivity contribution in [2.75, 3.05) is 7.11 Å². The van der Waals surface area contributed by atoms with E-state index >= 15 is 0 Å². The highest BCUT2D eigenvalue weighted by Crippen LogP contribution is 2.18. The van der Waals surface area contributed by atoms with Gasteiger partial charge in [0.2, 0.25) is 5.91 Å². The minimum atomic E-state index is -0.186. The highest BCUT2D eigenvalue weighted by Gasteiger charge is 2.15. The molecule has 0 aliphatic rings. The van der Waals surface area contributed by atoms with Gasteiger partial charge in [0.05, 0.1) is 25.0 Å². The fraction of sp³-hybridized carbons (Fsp3) is 0.267. The summed E-state index contributed by atoms with van der Waals surface area (Å²) in [5.41, 5.74) is 1.84. The molecule has 1 unspecified atom stereocenters. The number of hydrogen-bond donors (Lipinski definition) is 1. The molecule has 5 heteroatoms. The Hall–Kier alpha value is -2.43. The van der Waals surface area contributed by atoms with Crippen LogP contribution in [0.5, 0.6) is 5.75 Å². The molecule has 5 nitrogen and oxygen atoms in total. The molecule has 0 aliphatic heterocycles. The molecule has 0 fully saturated rings. The minimum Gasteiger partial charge on any atom is -0.497 e. The molecule has 1 aromatic heterocycles. The van der Waals surface area contributed by atoms with Crippen LogP contribution in [0, 0.1) is 0 Å². The largest absolute Gasteiger partial charge is 0.497 e. The van der Waals surface area contributed by atoms with Gasteiger partial charge in [-0.05, 0) is 24.1 Å². The van der Waals surface area contributed by atoms with Crippen molar-refractivity contribution >= 4 is 5.91 Å². The molecule has 0 saturated carbocycles. The molecule has 1 heterocycles. The molecule has 2 aromatic rings. The quantitative estimate of drug-likeness (QED) is 0.902. The number of methoxy groups -OCH3 is 1. The van der Waals surface area contributed by atoms with Crippen molar-refractivity contribution in [2.24, 2.45) is 0 Å². The van der Waals surface area contributed by atoms with Crippen LogP contribution in [0.15, 0.2) is 42.9 Å². The van der Waals surface area contributed by atoms with E-state index in [-0.39, 0.29) is 11.9 Å². The van der Waals surface area contributed by atoms with E-state index in [0.717, 1.165) is 17.0 Å². The van der Waals surface area contributed by atoms with E-state index in [2.05, 4.69) is 15.3 Å². The zero-order valence-corrected chi connectivity index (χ0v) is 11.5. The number of hydrogen-bond acceptors (Lipinski definition) is 4. The van der Waals surface area contributed by atoms with E-state index in [1.54, 1.807) is 25.7 Å². The first-order valence-electron chi connectivity index (χ1n) is 6.35. The number of nitrogens with zero attached hydrogens (tertiary/aromatic N) is 2. The van der Waals surface area contributed by atoms with Gasteiger partial charge >= 0.3 is 0 Å². The standard InChI is InChI=1S/C15H17N3O2/c1-11(19)18-14(15-10-16-7-8-17-15)9-12-3-5-13(20-2)6-4-12/h3-8,10,14H,9H2,1-2H3,(H,18,19). The van der Waals surface area contributed by atoms with Crippen molar-refractivity contribution in [1.29, 1.82) is 0 Å². The lowest BCUT2D eigenvalue weighted by Gasteiger charge is -2.17. The Morgan fingerprint density at radius 3 is 2.60 bits per heavy atom. The first-order valence-corrected chi connectivity index (χ1v) is 6.35. The molecule has 1 amide bonds. The summed E-state index contributed by atoms with van der Waals surface area (Å²) in [6, 6.07) is 7.57. The van der Waals surface area contributed by atoms with Gasteiger partial charge in [-0.25, -0.2) is 0 Å². The summed E-state index contributed by atoms with van der Waals surface area (Å²) in [5.74, 6) is 0.721. The maximum atomic E-state index is 11.3. The smallest absolute Gasteiger partial charge is 0.217 e. The molecular weight excluding hydrogens is 254 g/mol. The van der Waals surface area contributed by atoms with Gasteiger partial charge in [0.25, 0.3) is 0 Å². The van der Waals surface area contributed by atoms with Gasteiger partial charge in [-0.15, -0.1) is 0 Å². The Balaban J connectivity index is 2.16. The summed E-state index contributed by atoms with van der Waals surface area (Å²) in [4.78, 5) is 19.6. The van der Waals surface area contributed by atoms with Crippen LogP contribution in [0.25, 0.3) is 0 Å². The molecule has 0 radical (unpaired) electrons. The first-order chi connectivity index (χ1) is 9.69. The third-order valence-electron chi connectivity index (χ3n) is 2.92. The second-order valence-corrected chi connectivity index (χ2v) is 4.44. The van der Waals surface area contributed by atoms with E-state index in [9.17, 15) is 4.79 Å². The second-order valence-electron chi connectivity index (χ2n) is 4.44. The molecule has 1 N–H and O–H groups in total. The van der Waals surface area contributed by atoms with Crippen LogP contribution in [0.1, 0.15) is 24.2 Å². The van der Waals surface area contributed by atoms with Gasteiger partial charge in [0.15, 0.2) is 0 Å². The summed E-state index contributed by atoms with van der Waals surface area (Å²) in [6.07, 6.45) is 5.56. The average molecular weight is 271 g/mol. The lowest BCUT2D eigenvalue weighted by Crippen LogP contribution is -2.28. The molecule has 104 valence electrons. The third kappa shape index (κ3) is 3.78. The number of amides is 1. The Bertz CT molecular complexity index is 555. The molecule has 20 heavy (non-hydrogen) atoms. The summed E-state index contributed by atoms with van der Waals surface area (Å²) < 4.78 is 5.13. The molecule has 0 spiro atoms. The summed E-state index contributed by atoms with van der Waals surface area (Å²) >= 11 is 0. The SMILES string of the molecule is COc1ccc(CC(NC(C)=O)c2cnccn2)cc1. The Morgan fingerprint density at radius 2 is 2.05 bits per heavy atom. The van der Waals surface area contributed by atoms with Crippen LogP contribution in [0.2, 0.25) is 0 Å². The van der Waals surface area contributed by atoms with Gasteiger partial charge < -0.3 is 10.1 Å². The normalized spacial score (nSPS) is 11.7. The maximum absolute atomic E-state index is 11.3. The van der Waals surface area contributed by atoms with Crippen molar-refractivity contribution < 1.29 is 9.53 Å². The molecule has 0 bridgehead atoms. The molecule has 1 aromatic carbocycles.